The number of rotatable bonds is 10. The molecule has 38 heavy (non-hydrogen) atoms. The van der Waals surface area contributed by atoms with Crippen LogP contribution in [0, 0.1) is 66.0 Å². The first-order valence-electron chi connectivity index (χ1n) is 15.3. The van der Waals surface area contributed by atoms with E-state index in [9.17, 15) is 0 Å². The molecular weight excluding hydrogens is 456 g/mol. The largest absolute Gasteiger partial charge is 0.103 e. The van der Waals surface area contributed by atoms with Crippen molar-refractivity contribution in [1.82, 2.24) is 0 Å². The molecular formula is C38H70. The Morgan fingerprint density at radius 3 is 1.11 bits per heavy atom. The van der Waals surface area contributed by atoms with E-state index in [-0.39, 0.29) is 54.1 Å². The van der Waals surface area contributed by atoms with Crippen LogP contribution in [0.15, 0.2) is 37.5 Å². The van der Waals surface area contributed by atoms with E-state index in [0.717, 1.165) is 0 Å². The maximum absolute atomic E-state index is 4.28. The lowest BCUT2D eigenvalue weighted by atomic mass is 9.37. The minimum Gasteiger partial charge on any atom is -0.103 e. The molecule has 0 spiro atoms. The second-order valence-electron chi connectivity index (χ2n) is 18.6. The molecule has 0 radical (unpaired) electrons. The predicted octanol–water partition coefficient (Wildman–Crippen LogP) is 12.4. The first-order chi connectivity index (χ1) is 16.3. The van der Waals surface area contributed by atoms with Gasteiger partial charge in [-0.1, -0.05) is 163 Å². The van der Waals surface area contributed by atoms with Crippen LogP contribution in [0.2, 0.25) is 0 Å². The molecule has 1 aliphatic carbocycles. The van der Waals surface area contributed by atoms with Crippen molar-refractivity contribution in [3.63, 3.8) is 0 Å². The summed E-state index contributed by atoms with van der Waals surface area (Å²) >= 11 is 0. The maximum Gasteiger partial charge on any atom is -0.0118 e. The highest BCUT2D eigenvalue weighted by atomic mass is 14.7. The first kappa shape index (κ1) is 35.2. The third-order valence-electron chi connectivity index (χ3n) is 15.7. The Morgan fingerprint density at radius 2 is 0.789 bits per heavy atom. The van der Waals surface area contributed by atoms with Crippen LogP contribution in [-0.4, -0.2) is 0 Å². The van der Waals surface area contributed by atoms with Crippen LogP contribution in [0.3, 0.4) is 0 Å². The summed E-state index contributed by atoms with van der Waals surface area (Å²) in [4.78, 5) is 0. The van der Waals surface area contributed by atoms with Gasteiger partial charge in [-0.05, 0) is 66.0 Å². The molecule has 0 aliphatic heterocycles. The molecule has 1 rings (SSSR count). The molecule has 0 aromatic heterocycles. The fourth-order valence-electron chi connectivity index (χ4n) is 8.70. The zero-order valence-electron chi connectivity index (χ0n) is 29.9. The zero-order chi connectivity index (χ0) is 31.0. The maximum atomic E-state index is 4.28. The summed E-state index contributed by atoms with van der Waals surface area (Å²) < 4.78 is 0. The Morgan fingerprint density at radius 1 is 0.474 bits per heavy atom. The zero-order valence-corrected chi connectivity index (χ0v) is 29.9. The fraction of sp³-hybridized carbons (Fsp3) is 0.842. The molecule has 0 aromatic rings. The van der Waals surface area contributed by atoms with Crippen LogP contribution >= 0.6 is 0 Å². The first-order valence-corrected chi connectivity index (χ1v) is 15.3. The number of hydrogen-bond acceptors (Lipinski definition) is 0. The van der Waals surface area contributed by atoms with Crippen molar-refractivity contribution in [2.75, 3.05) is 0 Å². The van der Waals surface area contributed by atoms with E-state index in [1.165, 1.54) is 0 Å². The lowest BCUT2D eigenvalue weighted by molar-refractivity contribution is -0.182. The molecule has 0 heteroatoms. The Bertz CT molecular complexity index is 917. The normalized spacial score (nSPS) is 25.1. The molecule has 1 aliphatic rings. The minimum absolute atomic E-state index is 0.00941. The Kier molecular flexibility index (Phi) is 8.70. The van der Waals surface area contributed by atoms with Crippen molar-refractivity contribution in [2.45, 2.75) is 138 Å². The average Bonchev–Trinajstić information content (AvgIpc) is 2.82. The molecule has 0 heterocycles. The van der Waals surface area contributed by atoms with Gasteiger partial charge in [0.15, 0.2) is 0 Å². The van der Waals surface area contributed by atoms with Gasteiger partial charge in [-0.2, -0.15) is 0 Å². The average molecular weight is 527 g/mol. The summed E-state index contributed by atoms with van der Waals surface area (Å²) in [6.07, 6.45) is 9.59. The van der Waals surface area contributed by atoms with Gasteiger partial charge < -0.3 is 0 Å². The minimum atomic E-state index is -0.00941. The quantitative estimate of drug-likeness (QED) is 0.248. The molecule has 0 saturated heterocycles. The third-order valence-corrected chi connectivity index (χ3v) is 15.7. The van der Waals surface area contributed by atoms with Crippen molar-refractivity contribution < 1.29 is 0 Å². The van der Waals surface area contributed by atoms with Crippen LogP contribution in [0.5, 0.6) is 0 Å². The molecule has 0 N–H and O–H groups in total. The van der Waals surface area contributed by atoms with E-state index in [4.69, 9.17) is 0 Å². The predicted molar refractivity (Wildman–Crippen MR) is 174 cm³/mol. The highest BCUT2D eigenvalue weighted by Gasteiger charge is 2.64. The molecule has 0 aromatic carbocycles. The number of hydrogen-bond donors (Lipinski definition) is 0. The van der Waals surface area contributed by atoms with Crippen LogP contribution in [0.25, 0.3) is 0 Å². The summed E-state index contributed by atoms with van der Waals surface area (Å²) in [5.74, 6) is 0.949. The fourth-order valence-corrected chi connectivity index (χ4v) is 8.70. The molecule has 2 atom stereocenters. The number of allylic oxidation sites excluding steroid dienone is 4. The van der Waals surface area contributed by atoms with Crippen LogP contribution in [-0.2, 0) is 0 Å². The Labute approximate surface area is 241 Å². The van der Waals surface area contributed by atoms with Gasteiger partial charge in [-0.3, -0.25) is 0 Å². The smallest absolute Gasteiger partial charge is 0.0118 e. The highest BCUT2D eigenvalue weighted by Crippen LogP contribution is 2.71. The standard InChI is InChI=1S/C38H70/c1-23-27-31(7,8)28(33(11,12)32(27,9)10)25-26-30(5,6)35(15,16)37(19,20)38(21,22)36(17,18)34(13,14)29(3,4)24-2/h23-28H,1-2H2,3-22H3. The summed E-state index contributed by atoms with van der Waals surface area (Å²) in [6.45, 7) is 58.0. The van der Waals surface area contributed by atoms with Crippen LogP contribution in [0.4, 0.5) is 0 Å². The van der Waals surface area contributed by atoms with E-state index < -0.39 is 0 Å². The SMILES string of the molecule is C=CC1C(C)(C)C(C=CC(C)(C)C(C)(C)C(C)(C)C(C)(C)C(C)(C)C(C)(C)C(C)(C)C=C)C(C)(C)C1(C)C. The van der Waals surface area contributed by atoms with Gasteiger partial charge in [-0.15, -0.1) is 13.2 Å². The molecule has 0 amide bonds. The van der Waals surface area contributed by atoms with E-state index in [1.807, 2.05) is 0 Å². The molecule has 0 nitrogen and oxygen atoms in total. The summed E-state index contributed by atoms with van der Waals surface area (Å²) in [6, 6.07) is 0. The second-order valence-corrected chi connectivity index (χ2v) is 18.6. The molecule has 0 bridgehead atoms. The van der Waals surface area contributed by atoms with Gasteiger partial charge in [0, 0.05) is 0 Å². The van der Waals surface area contributed by atoms with Crippen LogP contribution < -0.4 is 0 Å². The van der Waals surface area contributed by atoms with E-state index >= 15 is 0 Å². The topological polar surface area (TPSA) is 0 Å². The van der Waals surface area contributed by atoms with Gasteiger partial charge in [0.1, 0.15) is 0 Å². The molecule has 2 unspecified atom stereocenters. The summed E-state index contributed by atoms with van der Waals surface area (Å²) in [7, 11) is 0. The van der Waals surface area contributed by atoms with Gasteiger partial charge in [-0.25, -0.2) is 0 Å². The molecule has 222 valence electrons. The lowest BCUT2D eigenvalue weighted by Crippen LogP contribution is -2.61. The molecule has 1 fully saturated rings. The van der Waals surface area contributed by atoms with Crippen molar-refractivity contribution in [2.24, 2.45) is 66.0 Å². The summed E-state index contributed by atoms with van der Waals surface area (Å²) in [5, 5.41) is 0. The van der Waals surface area contributed by atoms with Crippen molar-refractivity contribution in [1.29, 1.82) is 0 Å². The Hall–Kier alpha value is -0.780. The van der Waals surface area contributed by atoms with E-state index in [0.29, 0.717) is 11.8 Å². The lowest BCUT2D eigenvalue weighted by Gasteiger charge is -2.67. The Balaban J connectivity index is 3.68. The monoisotopic (exact) mass is 527 g/mol. The van der Waals surface area contributed by atoms with Gasteiger partial charge in [0.25, 0.3) is 0 Å². The summed E-state index contributed by atoms with van der Waals surface area (Å²) in [5.41, 5.74) is 0.661. The van der Waals surface area contributed by atoms with Gasteiger partial charge >= 0.3 is 0 Å². The van der Waals surface area contributed by atoms with E-state index in [2.05, 4.69) is 176 Å². The van der Waals surface area contributed by atoms with E-state index in [1.54, 1.807) is 0 Å². The van der Waals surface area contributed by atoms with Crippen LogP contribution in [0.1, 0.15) is 138 Å². The van der Waals surface area contributed by atoms with Gasteiger partial charge in [0.05, 0.1) is 0 Å². The highest BCUT2D eigenvalue weighted by molar-refractivity contribution is 5.23. The van der Waals surface area contributed by atoms with Gasteiger partial charge in [0.2, 0.25) is 0 Å². The van der Waals surface area contributed by atoms with Crippen molar-refractivity contribution in [3.05, 3.63) is 37.5 Å². The van der Waals surface area contributed by atoms with Crippen molar-refractivity contribution >= 4 is 0 Å². The van der Waals surface area contributed by atoms with Crippen molar-refractivity contribution in [3.8, 4) is 0 Å². The second kappa shape index (κ2) is 9.38. The third kappa shape index (κ3) is 4.36. The molecule has 1 saturated carbocycles.